The Labute approximate surface area is 225 Å². The zero-order chi connectivity index (χ0) is 28.3. The lowest BCUT2D eigenvalue weighted by Gasteiger charge is -2.34. The maximum absolute atomic E-state index is 14.0. The number of carbonyl (C=O) groups excluding carboxylic acids is 3. The van der Waals surface area contributed by atoms with E-state index in [0.29, 0.717) is 12.0 Å². The molecule has 0 saturated heterocycles. The van der Waals surface area contributed by atoms with Crippen molar-refractivity contribution in [3.8, 4) is 6.07 Å². The van der Waals surface area contributed by atoms with Crippen molar-refractivity contribution in [3.63, 3.8) is 0 Å². The summed E-state index contributed by atoms with van der Waals surface area (Å²) >= 11 is 0. The van der Waals surface area contributed by atoms with Crippen LogP contribution in [-0.4, -0.2) is 41.0 Å². The van der Waals surface area contributed by atoms with Crippen molar-refractivity contribution in [2.24, 2.45) is 5.92 Å². The van der Waals surface area contributed by atoms with E-state index in [2.05, 4.69) is 17.2 Å². The van der Waals surface area contributed by atoms with Crippen LogP contribution in [0.1, 0.15) is 63.8 Å². The van der Waals surface area contributed by atoms with E-state index in [1.165, 1.54) is 4.90 Å². The molecule has 3 unspecified atom stereocenters. The van der Waals surface area contributed by atoms with Crippen molar-refractivity contribution in [2.75, 3.05) is 6.54 Å². The normalized spacial score (nSPS) is 13.3. The molecule has 8 heteroatoms. The van der Waals surface area contributed by atoms with Gasteiger partial charge in [-0.15, -0.1) is 0 Å². The molecule has 3 amide bonds. The van der Waals surface area contributed by atoms with Crippen LogP contribution in [0.2, 0.25) is 0 Å². The molecule has 38 heavy (non-hydrogen) atoms. The smallest absolute Gasteiger partial charge is 0.408 e. The number of amides is 3. The van der Waals surface area contributed by atoms with Crippen LogP contribution in [0.15, 0.2) is 61.2 Å². The standard InChI is InChI=1S/C30H38N4O4/c1-7-21(3)25(33-29(37)38-30(4,5)6)28(36)34(18-17-31)26(24-16-12-15-22(8-2)19-24)27(35)32-20-23-13-10-9-11-14-23/h8-16,19,21,25-26H,2,7,18,20H2,1,3-6H3,(H,32,35)(H,33,37). The monoisotopic (exact) mass is 518 g/mol. The molecule has 0 saturated carbocycles. The van der Waals surface area contributed by atoms with Crippen LogP contribution in [0, 0.1) is 17.2 Å². The van der Waals surface area contributed by atoms with Gasteiger partial charge in [0.2, 0.25) is 11.8 Å². The molecular weight excluding hydrogens is 480 g/mol. The van der Waals surface area contributed by atoms with E-state index in [4.69, 9.17) is 4.74 Å². The van der Waals surface area contributed by atoms with E-state index in [0.717, 1.165) is 11.1 Å². The van der Waals surface area contributed by atoms with Crippen molar-refractivity contribution in [2.45, 2.75) is 65.3 Å². The van der Waals surface area contributed by atoms with E-state index in [9.17, 15) is 19.6 Å². The average molecular weight is 519 g/mol. The van der Waals surface area contributed by atoms with E-state index in [1.54, 1.807) is 45.0 Å². The Morgan fingerprint density at radius 1 is 1.13 bits per heavy atom. The van der Waals surface area contributed by atoms with Gasteiger partial charge in [0.25, 0.3) is 0 Å². The highest BCUT2D eigenvalue weighted by molar-refractivity contribution is 5.92. The first kappa shape index (κ1) is 30.1. The van der Waals surface area contributed by atoms with Crippen LogP contribution in [0.5, 0.6) is 0 Å². The number of benzene rings is 2. The van der Waals surface area contributed by atoms with Gasteiger partial charge in [0.05, 0.1) is 6.07 Å². The molecule has 2 rings (SSSR count). The molecule has 2 N–H and O–H groups in total. The summed E-state index contributed by atoms with van der Waals surface area (Å²) in [5, 5.41) is 15.3. The molecule has 202 valence electrons. The Morgan fingerprint density at radius 2 is 1.82 bits per heavy atom. The fraction of sp³-hybridized carbons (Fsp3) is 0.400. The Morgan fingerprint density at radius 3 is 2.39 bits per heavy atom. The highest BCUT2D eigenvalue weighted by atomic mass is 16.6. The number of ether oxygens (including phenoxy) is 1. The van der Waals surface area contributed by atoms with Crippen molar-refractivity contribution < 1.29 is 19.1 Å². The van der Waals surface area contributed by atoms with Crippen LogP contribution >= 0.6 is 0 Å². The van der Waals surface area contributed by atoms with E-state index in [1.807, 2.05) is 56.3 Å². The lowest BCUT2D eigenvalue weighted by molar-refractivity contribution is -0.142. The molecule has 0 aliphatic carbocycles. The summed E-state index contributed by atoms with van der Waals surface area (Å²) in [6, 6.07) is 16.4. The first-order valence-electron chi connectivity index (χ1n) is 12.7. The van der Waals surface area contributed by atoms with Gasteiger partial charge in [0, 0.05) is 6.54 Å². The topological polar surface area (TPSA) is 112 Å². The number of hydrogen-bond acceptors (Lipinski definition) is 5. The molecule has 3 atom stereocenters. The molecule has 8 nitrogen and oxygen atoms in total. The first-order valence-corrected chi connectivity index (χ1v) is 12.7. The summed E-state index contributed by atoms with van der Waals surface area (Å²) in [5.41, 5.74) is 1.42. The summed E-state index contributed by atoms with van der Waals surface area (Å²) in [5.74, 6) is -1.28. The summed E-state index contributed by atoms with van der Waals surface area (Å²) in [4.78, 5) is 41.5. The van der Waals surface area contributed by atoms with Crippen molar-refractivity contribution in [1.82, 2.24) is 15.5 Å². The van der Waals surface area contributed by atoms with Gasteiger partial charge in [-0.05, 0) is 49.4 Å². The molecule has 0 aliphatic rings. The second-order valence-electron chi connectivity index (χ2n) is 10.1. The predicted octanol–water partition coefficient (Wildman–Crippen LogP) is 4.98. The minimum absolute atomic E-state index is 0.247. The van der Waals surface area contributed by atoms with E-state index < -0.39 is 35.6 Å². The molecule has 2 aromatic carbocycles. The molecular formula is C30H38N4O4. The van der Waals surface area contributed by atoms with Crippen molar-refractivity contribution in [1.29, 1.82) is 5.26 Å². The molecule has 0 fully saturated rings. The third kappa shape index (κ3) is 8.77. The third-order valence-electron chi connectivity index (χ3n) is 6.01. The van der Waals surface area contributed by atoms with Crippen molar-refractivity contribution >= 4 is 24.0 Å². The minimum Gasteiger partial charge on any atom is -0.444 e. The van der Waals surface area contributed by atoms with E-state index in [-0.39, 0.29) is 19.0 Å². The Balaban J connectivity index is 2.49. The first-order chi connectivity index (χ1) is 18.0. The second-order valence-corrected chi connectivity index (χ2v) is 10.1. The molecule has 0 radical (unpaired) electrons. The Bertz CT molecular complexity index is 1150. The lowest BCUT2D eigenvalue weighted by atomic mass is 9.95. The highest BCUT2D eigenvalue weighted by Crippen LogP contribution is 2.26. The van der Waals surface area contributed by atoms with E-state index >= 15 is 0 Å². The number of alkyl carbamates (subject to hydrolysis) is 1. The largest absolute Gasteiger partial charge is 0.444 e. The van der Waals surface area contributed by atoms with Gasteiger partial charge < -0.3 is 20.3 Å². The van der Waals surface area contributed by atoms with Crippen LogP contribution in [0.25, 0.3) is 6.08 Å². The summed E-state index contributed by atoms with van der Waals surface area (Å²) in [6.07, 6.45) is 1.47. The predicted molar refractivity (Wildman–Crippen MR) is 148 cm³/mol. The number of hydrogen-bond donors (Lipinski definition) is 2. The number of nitrogens with one attached hydrogen (secondary N) is 2. The van der Waals surface area contributed by atoms with Crippen LogP contribution < -0.4 is 10.6 Å². The zero-order valence-electron chi connectivity index (χ0n) is 22.9. The minimum atomic E-state index is -1.11. The zero-order valence-corrected chi connectivity index (χ0v) is 22.9. The van der Waals surface area contributed by atoms with Gasteiger partial charge in [-0.3, -0.25) is 9.59 Å². The Hall–Kier alpha value is -4.12. The molecule has 0 aromatic heterocycles. The molecule has 0 heterocycles. The summed E-state index contributed by atoms with van der Waals surface area (Å²) in [7, 11) is 0. The van der Waals surface area contributed by atoms with Gasteiger partial charge in [-0.1, -0.05) is 81.5 Å². The van der Waals surface area contributed by atoms with Crippen LogP contribution in [0.4, 0.5) is 4.79 Å². The number of nitrogens with zero attached hydrogens (tertiary/aromatic N) is 2. The van der Waals surface area contributed by atoms with Crippen molar-refractivity contribution in [3.05, 3.63) is 77.9 Å². The maximum atomic E-state index is 14.0. The third-order valence-corrected chi connectivity index (χ3v) is 6.01. The fourth-order valence-corrected chi connectivity index (χ4v) is 3.88. The van der Waals surface area contributed by atoms with Crippen LogP contribution in [-0.2, 0) is 20.9 Å². The maximum Gasteiger partial charge on any atom is 0.408 e. The quantitative estimate of drug-likeness (QED) is 0.408. The van der Waals surface area contributed by atoms with Gasteiger partial charge >= 0.3 is 6.09 Å². The van der Waals surface area contributed by atoms with Gasteiger partial charge in [-0.25, -0.2) is 4.79 Å². The lowest BCUT2D eigenvalue weighted by Crippen LogP contribution is -2.55. The highest BCUT2D eigenvalue weighted by Gasteiger charge is 2.38. The summed E-state index contributed by atoms with van der Waals surface area (Å²) in [6.45, 7) is 12.6. The fourth-order valence-electron chi connectivity index (χ4n) is 3.88. The summed E-state index contributed by atoms with van der Waals surface area (Å²) < 4.78 is 5.39. The number of nitriles is 1. The number of rotatable bonds is 11. The Kier molecular flexibility index (Phi) is 11.1. The van der Waals surface area contributed by atoms with Gasteiger partial charge in [0.1, 0.15) is 24.2 Å². The molecule has 0 spiro atoms. The molecule has 2 aromatic rings. The van der Waals surface area contributed by atoms with Crippen LogP contribution in [0.3, 0.4) is 0 Å². The molecule has 0 aliphatic heterocycles. The second kappa shape index (κ2) is 14.0. The molecule has 0 bridgehead atoms. The number of carbonyl (C=O) groups is 3. The van der Waals surface area contributed by atoms with Gasteiger partial charge in [-0.2, -0.15) is 5.26 Å². The SMILES string of the molecule is C=Cc1cccc(C(C(=O)NCc2ccccc2)N(CC#N)C(=O)C(NC(=O)OC(C)(C)C)C(C)CC)c1. The average Bonchev–Trinajstić information content (AvgIpc) is 2.89. The van der Waals surface area contributed by atoms with Gasteiger partial charge in [0.15, 0.2) is 0 Å².